The summed E-state index contributed by atoms with van der Waals surface area (Å²) >= 11 is 0. The van der Waals surface area contributed by atoms with E-state index in [2.05, 4.69) is 0 Å². The zero-order valence-electron chi connectivity index (χ0n) is 12.8. The van der Waals surface area contributed by atoms with Gasteiger partial charge in [0.25, 0.3) is 6.43 Å². The fraction of sp³-hybridized carbons (Fsp3) is 0.643. The lowest BCUT2D eigenvalue weighted by atomic mass is 10.0. The molecular weight excluding hydrogens is 314 g/mol. The van der Waals surface area contributed by atoms with Gasteiger partial charge in [0.15, 0.2) is 0 Å². The molecule has 0 bridgehead atoms. The normalized spacial score (nSPS) is 18.6. The number of nitrogens with zero attached hydrogens (tertiary/aromatic N) is 2. The number of hydrogen-bond acceptors (Lipinski definition) is 3. The van der Waals surface area contributed by atoms with Crippen molar-refractivity contribution < 1.29 is 22.0 Å². The molecule has 1 aliphatic rings. The molecule has 1 rings (SSSR count). The van der Waals surface area contributed by atoms with Crippen molar-refractivity contribution >= 4 is 15.9 Å². The Morgan fingerprint density at radius 1 is 1.32 bits per heavy atom. The van der Waals surface area contributed by atoms with E-state index < -0.39 is 28.9 Å². The van der Waals surface area contributed by atoms with Crippen LogP contribution in [0.25, 0.3) is 0 Å². The number of halogens is 2. The molecule has 0 aromatic heterocycles. The second-order valence-corrected chi connectivity index (χ2v) is 7.14. The van der Waals surface area contributed by atoms with Gasteiger partial charge < -0.3 is 4.90 Å². The van der Waals surface area contributed by atoms with Gasteiger partial charge in [0.1, 0.15) is 0 Å². The highest BCUT2D eigenvalue weighted by molar-refractivity contribution is 7.88. The van der Waals surface area contributed by atoms with E-state index in [1.807, 2.05) is 0 Å². The van der Waals surface area contributed by atoms with E-state index in [1.54, 1.807) is 19.1 Å². The SMILES string of the molecule is CC=CC=CC(=O)N(CC(F)F)C1CCN(S(C)(=O)=O)CC1. The molecule has 0 saturated carbocycles. The predicted octanol–water partition coefficient (Wildman–Crippen LogP) is 1.64. The molecule has 0 aliphatic carbocycles. The quantitative estimate of drug-likeness (QED) is 0.547. The summed E-state index contributed by atoms with van der Waals surface area (Å²) in [5.41, 5.74) is 0. The van der Waals surface area contributed by atoms with E-state index in [-0.39, 0.29) is 19.1 Å². The van der Waals surface area contributed by atoms with E-state index in [1.165, 1.54) is 16.5 Å². The van der Waals surface area contributed by atoms with Crippen LogP contribution in [0.3, 0.4) is 0 Å². The fourth-order valence-corrected chi connectivity index (χ4v) is 3.27. The van der Waals surface area contributed by atoms with E-state index in [0.717, 1.165) is 11.2 Å². The molecular formula is C14H22F2N2O3S. The molecule has 0 atom stereocenters. The molecule has 1 fully saturated rings. The smallest absolute Gasteiger partial charge is 0.255 e. The number of sulfonamides is 1. The lowest BCUT2D eigenvalue weighted by Crippen LogP contribution is -2.49. The van der Waals surface area contributed by atoms with E-state index in [9.17, 15) is 22.0 Å². The van der Waals surface area contributed by atoms with Gasteiger partial charge in [0, 0.05) is 25.2 Å². The van der Waals surface area contributed by atoms with E-state index >= 15 is 0 Å². The van der Waals surface area contributed by atoms with Gasteiger partial charge in [-0.3, -0.25) is 4.79 Å². The van der Waals surface area contributed by atoms with Gasteiger partial charge in [-0.1, -0.05) is 18.2 Å². The van der Waals surface area contributed by atoms with Gasteiger partial charge in [0.2, 0.25) is 15.9 Å². The molecule has 1 aliphatic heterocycles. The topological polar surface area (TPSA) is 57.7 Å². The number of alkyl halides is 2. The summed E-state index contributed by atoms with van der Waals surface area (Å²) in [6.07, 6.45) is 5.36. The van der Waals surface area contributed by atoms with Crippen molar-refractivity contribution in [3.8, 4) is 0 Å². The highest BCUT2D eigenvalue weighted by atomic mass is 32.2. The highest BCUT2D eigenvalue weighted by Gasteiger charge is 2.31. The molecule has 0 aromatic rings. The first-order valence-electron chi connectivity index (χ1n) is 7.09. The van der Waals surface area contributed by atoms with Crippen LogP contribution >= 0.6 is 0 Å². The Kier molecular flexibility index (Phi) is 7.15. The molecule has 0 aromatic carbocycles. The summed E-state index contributed by atoms with van der Waals surface area (Å²) in [6, 6.07) is -0.366. The Morgan fingerprint density at radius 2 is 1.91 bits per heavy atom. The van der Waals surface area contributed by atoms with Gasteiger partial charge in [0.05, 0.1) is 12.8 Å². The van der Waals surface area contributed by atoms with Crippen molar-refractivity contribution in [2.75, 3.05) is 25.9 Å². The van der Waals surface area contributed by atoms with Gasteiger partial charge in [-0.25, -0.2) is 21.5 Å². The van der Waals surface area contributed by atoms with Gasteiger partial charge in [-0.15, -0.1) is 0 Å². The monoisotopic (exact) mass is 336 g/mol. The second kappa shape index (κ2) is 8.38. The first kappa shape index (κ1) is 18.8. The summed E-state index contributed by atoms with van der Waals surface area (Å²) in [7, 11) is -3.28. The molecule has 0 radical (unpaired) electrons. The summed E-state index contributed by atoms with van der Waals surface area (Å²) in [4.78, 5) is 13.2. The van der Waals surface area contributed by atoms with Crippen molar-refractivity contribution in [1.29, 1.82) is 0 Å². The van der Waals surface area contributed by atoms with Crippen molar-refractivity contribution in [3.05, 3.63) is 24.3 Å². The van der Waals surface area contributed by atoms with Crippen LogP contribution in [0.5, 0.6) is 0 Å². The number of hydrogen-bond donors (Lipinski definition) is 0. The lowest BCUT2D eigenvalue weighted by Gasteiger charge is -2.37. The molecule has 22 heavy (non-hydrogen) atoms. The molecule has 126 valence electrons. The summed E-state index contributed by atoms with van der Waals surface area (Å²) < 4.78 is 49.7. The van der Waals surface area contributed by atoms with Crippen LogP contribution in [0.4, 0.5) is 8.78 Å². The van der Waals surface area contributed by atoms with Crippen molar-refractivity contribution in [2.45, 2.75) is 32.2 Å². The minimum atomic E-state index is -3.28. The average molecular weight is 336 g/mol. The van der Waals surface area contributed by atoms with Crippen LogP contribution in [0, 0.1) is 0 Å². The molecule has 0 unspecified atom stereocenters. The first-order valence-corrected chi connectivity index (χ1v) is 8.93. The Morgan fingerprint density at radius 3 is 2.36 bits per heavy atom. The largest absolute Gasteiger partial charge is 0.330 e. The molecule has 5 nitrogen and oxygen atoms in total. The Hall–Kier alpha value is -1.28. The minimum absolute atomic E-state index is 0.245. The van der Waals surface area contributed by atoms with Crippen molar-refractivity contribution in [1.82, 2.24) is 9.21 Å². The van der Waals surface area contributed by atoms with Crippen LogP contribution in [0.1, 0.15) is 19.8 Å². The van der Waals surface area contributed by atoms with Crippen LogP contribution in [0.15, 0.2) is 24.3 Å². The summed E-state index contributed by atoms with van der Waals surface area (Å²) in [5, 5.41) is 0. The number of allylic oxidation sites excluding steroid dienone is 3. The first-order chi connectivity index (χ1) is 10.3. The predicted molar refractivity (Wildman–Crippen MR) is 81.1 cm³/mol. The maximum atomic E-state index is 12.7. The Bertz CT molecular complexity index is 524. The van der Waals surface area contributed by atoms with Gasteiger partial charge >= 0.3 is 0 Å². The molecule has 0 spiro atoms. The van der Waals surface area contributed by atoms with E-state index in [4.69, 9.17) is 0 Å². The third-order valence-corrected chi connectivity index (χ3v) is 4.80. The van der Waals surface area contributed by atoms with E-state index in [0.29, 0.717) is 12.8 Å². The second-order valence-electron chi connectivity index (χ2n) is 5.16. The summed E-state index contributed by atoms with van der Waals surface area (Å²) in [6.45, 7) is 1.64. The zero-order valence-corrected chi connectivity index (χ0v) is 13.6. The number of rotatable bonds is 6. The van der Waals surface area contributed by atoms with Crippen LogP contribution in [0.2, 0.25) is 0 Å². The number of amides is 1. The maximum Gasteiger partial charge on any atom is 0.255 e. The molecule has 1 heterocycles. The number of piperidine rings is 1. The third kappa shape index (κ3) is 5.84. The molecule has 8 heteroatoms. The standard InChI is InChI=1S/C14H22F2N2O3S/c1-3-4-5-6-14(19)18(11-13(15)16)12-7-9-17(10-8-12)22(2,20)21/h3-6,12-13H,7-11H2,1-2H3. The number of carbonyl (C=O) groups excluding carboxylic acids is 1. The molecule has 1 saturated heterocycles. The zero-order chi connectivity index (χ0) is 16.8. The Balaban J connectivity index is 2.75. The summed E-state index contributed by atoms with van der Waals surface area (Å²) in [5.74, 6) is -0.476. The minimum Gasteiger partial charge on any atom is -0.330 e. The van der Waals surface area contributed by atoms with Crippen LogP contribution in [-0.2, 0) is 14.8 Å². The third-order valence-electron chi connectivity index (χ3n) is 3.49. The number of carbonyl (C=O) groups is 1. The van der Waals surface area contributed by atoms with Gasteiger partial charge in [-0.05, 0) is 19.8 Å². The average Bonchev–Trinajstić information content (AvgIpc) is 2.44. The van der Waals surface area contributed by atoms with Crippen LogP contribution in [-0.4, -0.2) is 61.9 Å². The Labute approximate surface area is 130 Å². The molecule has 0 N–H and O–H groups in total. The fourth-order valence-electron chi connectivity index (χ4n) is 2.40. The molecule has 1 amide bonds. The highest BCUT2D eigenvalue weighted by Crippen LogP contribution is 2.20. The maximum absolute atomic E-state index is 12.7. The lowest BCUT2D eigenvalue weighted by molar-refractivity contribution is -0.131. The van der Waals surface area contributed by atoms with Crippen molar-refractivity contribution in [3.63, 3.8) is 0 Å². The van der Waals surface area contributed by atoms with Crippen molar-refractivity contribution in [2.24, 2.45) is 0 Å². The van der Waals surface area contributed by atoms with Crippen LogP contribution < -0.4 is 0 Å². The van der Waals surface area contributed by atoms with Gasteiger partial charge in [-0.2, -0.15) is 0 Å².